The van der Waals surface area contributed by atoms with Gasteiger partial charge in [0.1, 0.15) is 0 Å². The highest BCUT2D eigenvalue weighted by molar-refractivity contribution is 7.89. The fraction of sp³-hybridized carbons (Fsp3) is 0.500. The molecule has 0 aliphatic heterocycles. The average molecular weight is 256 g/mol. The van der Waals surface area contributed by atoms with Crippen LogP contribution in [-0.4, -0.2) is 32.9 Å². The van der Waals surface area contributed by atoms with Crippen LogP contribution in [0.3, 0.4) is 0 Å². The van der Waals surface area contributed by atoms with Gasteiger partial charge in [-0.2, -0.15) is 4.31 Å². The summed E-state index contributed by atoms with van der Waals surface area (Å²) in [6.07, 6.45) is 0. The van der Waals surface area contributed by atoms with Crippen molar-refractivity contribution < 1.29 is 8.42 Å². The van der Waals surface area contributed by atoms with E-state index in [4.69, 9.17) is 0 Å². The van der Waals surface area contributed by atoms with Crippen molar-refractivity contribution in [3.05, 3.63) is 29.8 Å². The molecule has 96 valence electrons. The van der Waals surface area contributed by atoms with E-state index in [1.807, 2.05) is 27.0 Å². The second-order valence-corrected chi connectivity index (χ2v) is 6.29. The summed E-state index contributed by atoms with van der Waals surface area (Å²) in [5, 5.41) is 3.01. The van der Waals surface area contributed by atoms with Gasteiger partial charge in [0.15, 0.2) is 0 Å². The normalized spacial score (nSPS) is 12.4. The Morgan fingerprint density at radius 2 is 2.00 bits per heavy atom. The van der Waals surface area contributed by atoms with E-state index in [1.165, 1.54) is 4.31 Å². The van der Waals surface area contributed by atoms with E-state index in [-0.39, 0.29) is 6.04 Å². The van der Waals surface area contributed by atoms with Crippen LogP contribution in [-0.2, 0) is 16.6 Å². The molecular weight excluding hydrogens is 236 g/mol. The lowest BCUT2D eigenvalue weighted by atomic mass is 10.2. The maximum Gasteiger partial charge on any atom is 0.243 e. The third-order valence-corrected chi connectivity index (χ3v) is 4.71. The van der Waals surface area contributed by atoms with Crippen LogP contribution in [0.1, 0.15) is 19.4 Å². The maximum atomic E-state index is 12.2. The molecule has 0 aromatic heterocycles. The molecule has 0 aliphatic carbocycles. The third kappa shape index (κ3) is 3.28. The fourth-order valence-corrected chi connectivity index (χ4v) is 2.90. The van der Waals surface area contributed by atoms with Crippen molar-refractivity contribution >= 4 is 10.0 Å². The van der Waals surface area contributed by atoms with E-state index in [2.05, 4.69) is 5.32 Å². The maximum absolute atomic E-state index is 12.2. The zero-order chi connectivity index (χ0) is 13.1. The summed E-state index contributed by atoms with van der Waals surface area (Å²) in [4.78, 5) is 0.349. The standard InChI is InChI=1S/C12H20N2O2S/c1-10(2)14(4)17(15,16)12-7-5-6-11(8-12)9-13-3/h5-8,10,13H,9H2,1-4H3. The average Bonchev–Trinajstić information content (AvgIpc) is 2.28. The molecular formula is C12H20N2O2S. The SMILES string of the molecule is CNCc1cccc(S(=O)(=O)N(C)C(C)C)c1. The smallest absolute Gasteiger partial charge is 0.243 e. The molecule has 0 saturated carbocycles. The molecule has 5 heteroatoms. The van der Waals surface area contributed by atoms with Gasteiger partial charge in [-0.15, -0.1) is 0 Å². The van der Waals surface area contributed by atoms with Gasteiger partial charge >= 0.3 is 0 Å². The summed E-state index contributed by atoms with van der Waals surface area (Å²) in [7, 11) is 0.0632. The van der Waals surface area contributed by atoms with E-state index < -0.39 is 10.0 Å². The molecule has 0 heterocycles. The van der Waals surface area contributed by atoms with Crippen molar-refractivity contribution in [2.75, 3.05) is 14.1 Å². The topological polar surface area (TPSA) is 49.4 Å². The number of rotatable bonds is 5. The third-order valence-electron chi connectivity index (χ3n) is 2.68. The predicted molar refractivity (Wildman–Crippen MR) is 69.3 cm³/mol. The number of hydrogen-bond donors (Lipinski definition) is 1. The van der Waals surface area contributed by atoms with Gasteiger partial charge in [-0.25, -0.2) is 8.42 Å². The van der Waals surface area contributed by atoms with Crippen LogP contribution in [0.25, 0.3) is 0 Å². The lowest BCUT2D eigenvalue weighted by Gasteiger charge is -2.21. The van der Waals surface area contributed by atoms with Crippen LogP contribution in [0.2, 0.25) is 0 Å². The van der Waals surface area contributed by atoms with Gasteiger partial charge in [0.25, 0.3) is 0 Å². The van der Waals surface area contributed by atoms with E-state index in [0.717, 1.165) is 5.56 Å². The van der Waals surface area contributed by atoms with E-state index >= 15 is 0 Å². The predicted octanol–water partition coefficient (Wildman–Crippen LogP) is 1.43. The molecule has 0 bridgehead atoms. The Hall–Kier alpha value is -0.910. The zero-order valence-corrected chi connectivity index (χ0v) is 11.6. The number of benzene rings is 1. The number of sulfonamides is 1. The number of nitrogens with zero attached hydrogens (tertiary/aromatic N) is 1. The van der Waals surface area contributed by atoms with Crippen LogP contribution in [0.15, 0.2) is 29.2 Å². The van der Waals surface area contributed by atoms with E-state index in [0.29, 0.717) is 11.4 Å². The second kappa shape index (κ2) is 5.62. The van der Waals surface area contributed by atoms with Crippen molar-refractivity contribution in [1.82, 2.24) is 9.62 Å². The summed E-state index contributed by atoms with van der Waals surface area (Å²) >= 11 is 0. The molecule has 4 nitrogen and oxygen atoms in total. The van der Waals surface area contributed by atoms with Crippen molar-refractivity contribution in [1.29, 1.82) is 0 Å². The Morgan fingerprint density at radius 3 is 2.53 bits per heavy atom. The Kier molecular flexibility index (Phi) is 4.68. The molecule has 1 aromatic rings. The monoisotopic (exact) mass is 256 g/mol. The van der Waals surface area contributed by atoms with Gasteiger partial charge in [0.05, 0.1) is 4.90 Å². The van der Waals surface area contributed by atoms with Gasteiger partial charge in [-0.05, 0) is 38.6 Å². The summed E-state index contributed by atoms with van der Waals surface area (Å²) in [5.74, 6) is 0. The molecule has 1 rings (SSSR count). The molecule has 0 radical (unpaired) electrons. The minimum atomic E-state index is -3.37. The fourth-order valence-electron chi connectivity index (χ4n) is 1.46. The molecule has 0 amide bonds. The van der Waals surface area contributed by atoms with Crippen molar-refractivity contribution in [2.24, 2.45) is 0 Å². The Bertz CT molecular complexity index is 469. The van der Waals surface area contributed by atoms with Crippen molar-refractivity contribution in [3.8, 4) is 0 Å². The molecule has 17 heavy (non-hydrogen) atoms. The highest BCUT2D eigenvalue weighted by Crippen LogP contribution is 2.17. The molecule has 1 aromatic carbocycles. The molecule has 0 fully saturated rings. The van der Waals surface area contributed by atoms with Gasteiger partial charge in [-0.1, -0.05) is 12.1 Å². The first kappa shape index (κ1) is 14.2. The highest BCUT2D eigenvalue weighted by atomic mass is 32.2. The van der Waals surface area contributed by atoms with Gasteiger partial charge in [0.2, 0.25) is 10.0 Å². The number of nitrogens with one attached hydrogen (secondary N) is 1. The second-order valence-electron chi connectivity index (χ2n) is 4.29. The molecule has 0 spiro atoms. The van der Waals surface area contributed by atoms with E-state index in [1.54, 1.807) is 25.2 Å². The highest BCUT2D eigenvalue weighted by Gasteiger charge is 2.22. The zero-order valence-electron chi connectivity index (χ0n) is 10.8. The molecule has 0 saturated heterocycles. The lowest BCUT2D eigenvalue weighted by molar-refractivity contribution is 0.410. The quantitative estimate of drug-likeness (QED) is 0.867. The minimum absolute atomic E-state index is 0.0482. The van der Waals surface area contributed by atoms with Crippen molar-refractivity contribution in [3.63, 3.8) is 0 Å². The van der Waals surface area contributed by atoms with Gasteiger partial charge < -0.3 is 5.32 Å². The van der Waals surface area contributed by atoms with Gasteiger partial charge in [-0.3, -0.25) is 0 Å². The van der Waals surface area contributed by atoms with Crippen LogP contribution in [0, 0.1) is 0 Å². The van der Waals surface area contributed by atoms with Crippen LogP contribution >= 0.6 is 0 Å². The molecule has 0 unspecified atom stereocenters. The van der Waals surface area contributed by atoms with Crippen LogP contribution in [0.5, 0.6) is 0 Å². The summed E-state index contributed by atoms with van der Waals surface area (Å²) < 4.78 is 25.9. The Balaban J connectivity index is 3.11. The molecule has 0 atom stereocenters. The first-order chi connectivity index (χ1) is 7.89. The summed E-state index contributed by atoms with van der Waals surface area (Å²) in [6.45, 7) is 4.37. The molecule has 0 aliphatic rings. The van der Waals surface area contributed by atoms with Crippen molar-refractivity contribution in [2.45, 2.75) is 31.3 Å². The van der Waals surface area contributed by atoms with Gasteiger partial charge in [0, 0.05) is 19.6 Å². The first-order valence-corrected chi connectivity index (χ1v) is 7.05. The van der Waals surface area contributed by atoms with E-state index in [9.17, 15) is 8.42 Å². The summed E-state index contributed by atoms with van der Waals surface area (Å²) in [6, 6.07) is 6.98. The lowest BCUT2D eigenvalue weighted by Crippen LogP contribution is -2.33. The van der Waals surface area contributed by atoms with Crippen LogP contribution < -0.4 is 5.32 Å². The summed E-state index contributed by atoms with van der Waals surface area (Å²) in [5.41, 5.74) is 0.964. The molecule has 1 N–H and O–H groups in total. The first-order valence-electron chi connectivity index (χ1n) is 5.61. The Morgan fingerprint density at radius 1 is 1.35 bits per heavy atom. The van der Waals surface area contributed by atoms with Crippen LogP contribution in [0.4, 0.5) is 0 Å². The Labute approximate surface area is 104 Å². The minimum Gasteiger partial charge on any atom is -0.316 e. The number of hydrogen-bond acceptors (Lipinski definition) is 3. The largest absolute Gasteiger partial charge is 0.316 e.